The topological polar surface area (TPSA) is 70.2 Å². The van der Waals surface area contributed by atoms with Crippen LogP contribution in [0.1, 0.15) is 6.42 Å². The molecular weight excluding hydrogens is 333 g/mol. The van der Waals surface area contributed by atoms with Crippen molar-refractivity contribution >= 4 is 39.6 Å². The smallest absolute Gasteiger partial charge is 0.247 e. The molecule has 1 aliphatic heterocycles. The Morgan fingerprint density at radius 1 is 1.00 bits per heavy atom. The van der Waals surface area contributed by atoms with Crippen LogP contribution in [0.15, 0.2) is 60.7 Å². The maximum Gasteiger partial charge on any atom is 0.247 e. The summed E-state index contributed by atoms with van der Waals surface area (Å²) in [6.07, 6.45) is -0.0480. The number of carbonyl (C=O) groups excluding carboxylic acids is 2. The monoisotopic (exact) mass is 349 g/mol. The van der Waals surface area contributed by atoms with Crippen molar-refractivity contribution in [3.05, 3.63) is 66.5 Å². The van der Waals surface area contributed by atoms with Crippen LogP contribution in [0.4, 0.5) is 21.5 Å². The van der Waals surface area contributed by atoms with Crippen LogP contribution in [-0.2, 0) is 9.59 Å². The number of hydrogen-bond acceptors (Lipinski definition) is 3. The van der Waals surface area contributed by atoms with Crippen molar-refractivity contribution in [2.45, 2.75) is 12.5 Å². The van der Waals surface area contributed by atoms with Gasteiger partial charge in [-0.15, -0.1) is 0 Å². The van der Waals surface area contributed by atoms with Crippen LogP contribution in [0.3, 0.4) is 0 Å². The second-order valence-electron chi connectivity index (χ2n) is 6.15. The number of carbonyl (C=O) groups is 2. The van der Waals surface area contributed by atoms with Crippen molar-refractivity contribution < 1.29 is 14.0 Å². The molecule has 2 amide bonds. The summed E-state index contributed by atoms with van der Waals surface area (Å²) in [4.78, 5) is 24.9. The third-order valence-electron chi connectivity index (χ3n) is 4.33. The summed E-state index contributed by atoms with van der Waals surface area (Å²) in [5, 5.41) is 10.7. The number of hydrogen-bond donors (Lipinski definition) is 3. The SMILES string of the molecule is O=C(C[C@@H]1Nc2cccc3cccc(c23)NC1=O)Nc1ccc(F)cc1. The summed E-state index contributed by atoms with van der Waals surface area (Å²) in [6.45, 7) is 0. The predicted molar refractivity (Wildman–Crippen MR) is 99.6 cm³/mol. The average molecular weight is 349 g/mol. The van der Waals surface area contributed by atoms with Gasteiger partial charge < -0.3 is 16.0 Å². The van der Waals surface area contributed by atoms with Crippen LogP contribution in [-0.4, -0.2) is 17.9 Å². The van der Waals surface area contributed by atoms with E-state index in [1.807, 2.05) is 36.4 Å². The number of benzene rings is 3. The van der Waals surface area contributed by atoms with E-state index in [0.29, 0.717) is 5.69 Å². The molecule has 1 atom stereocenters. The standard InChI is InChI=1S/C20H16FN3O2/c21-13-7-9-14(10-8-13)22-18(25)11-17-20(26)24-16-6-2-4-12-3-1-5-15(23-17)19(12)16/h1-10,17,23H,11H2,(H,22,25)(H,24,26)/t17-/m0/s1. The van der Waals surface area contributed by atoms with Gasteiger partial charge in [-0.1, -0.05) is 24.3 Å². The van der Waals surface area contributed by atoms with Gasteiger partial charge >= 0.3 is 0 Å². The molecule has 0 spiro atoms. The van der Waals surface area contributed by atoms with Crippen molar-refractivity contribution in [2.75, 3.05) is 16.0 Å². The maximum atomic E-state index is 13.0. The van der Waals surface area contributed by atoms with E-state index in [4.69, 9.17) is 0 Å². The van der Waals surface area contributed by atoms with Crippen molar-refractivity contribution in [1.82, 2.24) is 0 Å². The first-order valence-corrected chi connectivity index (χ1v) is 8.25. The second kappa shape index (κ2) is 6.48. The van der Waals surface area contributed by atoms with Gasteiger partial charge in [-0.05, 0) is 41.8 Å². The van der Waals surface area contributed by atoms with E-state index in [9.17, 15) is 14.0 Å². The van der Waals surface area contributed by atoms with E-state index in [1.165, 1.54) is 24.3 Å². The molecule has 1 aliphatic rings. The van der Waals surface area contributed by atoms with E-state index < -0.39 is 6.04 Å². The van der Waals surface area contributed by atoms with Crippen LogP contribution >= 0.6 is 0 Å². The normalized spacial score (nSPS) is 15.7. The van der Waals surface area contributed by atoms with Crippen LogP contribution < -0.4 is 16.0 Å². The molecule has 0 saturated carbocycles. The molecule has 0 radical (unpaired) electrons. The second-order valence-corrected chi connectivity index (χ2v) is 6.15. The fourth-order valence-electron chi connectivity index (χ4n) is 3.11. The van der Waals surface area contributed by atoms with Gasteiger partial charge in [0.05, 0.1) is 12.1 Å². The lowest BCUT2D eigenvalue weighted by atomic mass is 10.1. The number of nitrogens with one attached hydrogen (secondary N) is 3. The molecule has 3 N–H and O–H groups in total. The lowest BCUT2D eigenvalue weighted by molar-refractivity contribution is -0.121. The summed E-state index contributed by atoms with van der Waals surface area (Å²) in [7, 11) is 0. The Balaban J connectivity index is 1.55. The lowest BCUT2D eigenvalue weighted by Gasteiger charge is -2.16. The Morgan fingerprint density at radius 2 is 1.69 bits per heavy atom. The Hall–Kier alpha value is -3.41. The fraction of sp³-hybridized carbons (Fsp3) is 0.100. The van der Waals surface area contributed by atoms with Crippen molar-refractivity contribution in [2.24, 2.45) is 0 Å². The highest BCUT2D eigenvalue weighted by molar-refractivity contribution is 6.13. The van der Waals surface area contributed by atoms with Crippen LogP contribution in [0, 0.1) is 5.82 Å². The maximum absolute atomic E-state index is 13.0. The molecule has 0 bridgehead atoms. The third kappa shape index (κ3) is 3.09. The highest BCUT2D eigenvalue weighted by Gasteiger charge is 2.26. The molecule has 0 unspecified atom stereocenters. The van der Waals surface area contributed by atoms with E-state index in [-0.39, 0.29) is 24.1 Å². The lowest BCUT2D eigenvalue weighted by Crippen LogP contribution is -2.36. The molecule has 26 heavy (non-hydrogen) atoms. The first-order valence-electron chi connectivity index (χ1n) is 8.25. The van der Waals surface area contributed by atoms with Gasteiger partial charge in [-0.3, -0.25) is 9.59 Å². The van der Waals surface area contributed by atoms with Crippen molar-refractivity contribution in [3.8, 4) is 0 Å². The molecule has 6 heteroatoms. The summed E-state index contributed by atoms with van der Waals surface area (Å²) in [5.41, 5.74) is 2.00. The Kier molecular flexibility index (Phi) is 4.01. The minimum Gasteiger partial charge on any atom is -0.373 e. The van der Waals surface area contributed by atoms with Gasteiger partial charge in [0.1, 0.15) is 11.9 Å². The van der Waals surface area contributed by atoms with Crippen LogP contribution in [0.25, 0.3) is 10.8 Å². The van der Waals surface area contributed by atoms with Gasteiger partial charge in [0.15, 0.2) is 0 Å². The number of rotatable bonds is 3. The molecule has 5 nitrogen and oxygen atoms in total. The van der Waals surface area contributed by atoms with Gasteiger partial charge in [-0.25, -0.2) is 4.39 Å². The highest BCUT2D eigenvalue weighted by atomic mass is 19.1. The van der Waals surface area contributed by atoms with Crippen LogP contribution in [0.2, 0.25) is 0 Å². The van der Waals surface area contributed by atoms with Gasteiger partial charge in [0.2, 0.25) is 11.8 Å². The zero-order valence-electron chi connectivity index (χ0n) is 13.8. The minimum absolute atomic E-state index is 0.0480. The quantitative estimate of drug-likeness (QED) is 0.675. The Bertz CT molecular complexity index is 996. The van der Waals surface area contributed by atoms with E-state index in [0.717, 1.165) is 22.1 Å². The fourth-order valence-corrected chi connectivity index (χ4v) is 3.11. The molecular formula is C20H16FN3O2. The van der Waals surface area contributed by atoms with Gasteiger partial charge in [-0.2, -0.15) is 0 Å². The summed E-state index contributed by atoms with van der Waals surface area (Å²) in [5.74, 6) is -0.982. The molecule has 4 rings (SSSR count). The molecule has 130 valence electrons. The molecule has 0 saturated heterocycles. The van der Waals surface area contributed by atoms with Crippen molar-refractivity contribution in [3.63, 3.8) is 0 Å². The number of anilines is 3. The largest absolute Gasteiger partial charge is 0.373 e. The molecule has 0 fully saturated rings. The molecule has 3 aromatic carbocycles. The molecule has 0 aliphatic carbocycles. The summed E-state index contributed by atoms with van der Waals surface area (Å²) in [6, 6.07) is 16.2. The summed E-state index contributed by atoms with van der Waals surface area (Å²) >= 11 is 0. The Labute approximate surface area is 149 Å². The van der Waals surface area contributed by atoms with Gasteiger partial charge in [0, 0.05) is 16.8 Å². The first-order chi connectivity index (χ1) is 12.6. The minimum atomic E-state index is -0.714. The number of amides is 2. The Morgan fingerprint density at radius 3 is 2.42 bits per heavy atom. The number of halogens is 1. The van der Waals surface area contributed by atoms with E-state index in [2.05, 4.69) is 16.0 Å². The third-order valence-corrected chi connectivity index (χ3v) is 4.33. The van der Waals surface area contributed by atoms with Gasteiger partial charge in [0.25, 0.3) is 0 Å². The zero-order chi connectivity index (χ0) is 18.1. The first kappa shape index (κ1) is 16.1. The van der Waals surface area contributed by atoms with E-state index in [1.54, 1.807) is 0 Å². The highest BCUT2D eigenvalue weighted by Crippen LogP contribution is 2.33. The molecule has 0 aromatic heterocycles. The zero-order valence-corrected chi connectivity index (χ0v) is 13.8. The van der Waals surface area contributed by atoms with Crippen molar-refractivity contribution in [1.29, 1.82) is 0 Å². The summed E-state index contributed by atoms with van der Waals surface area (Å²) < 4.78 is 13.0. The molecule has 1 heterocycles. The molecule has 3 aromatic rings. The van der Waals surface area contributed by atoms with E-state index >= 15 is 0 Å². The average Bonchev–Trinajstić information content (AvgIpc) is 2.76. The predicted octanol–water partition coefficient (Wildman–Crippen LogP) is 3.74. The van der Waals surface area contributed by atoms with Crippen LogP contribution in [0.5, 0.6) is 0 Å².